The van der Waals surface area contributed by atoms with Crippen molar-refractivity contribution in [3.05, 3.63) is 60.3 Å². The summed E-state index contributed by atoms with van der Waals surface area (Å²) >= 11 is 0. The molecule has 1 N–H and O–H groups in total. The van der Waals surface area contributed by atoms with E-state index in [1.165, 1.54) is 0 Å². The maximum absolute atomic E-state index is 12.8. The van der Waals surface area contributed by atoms with Crippen LogP contribution in [0.4, 0.5) is 5.69 Å². The molecular weight excluding hydrogens is 338 g/mol. The first-order valence-electron chi connectivity index (χ1n) is 9.56. The Morgan fingerprint density at radius 2 is 1.78 bits per heavy atom. The number of piperazine rings is 1. The van der Waals surface area contributed by atoms with Crippen molar-refractivity contribution >= 4 is 22.5 Å². The van der Waals surface area contributed by atoms with E-state index in [1.807, 2.05) is 54.4 Å². The quantitative estimate of drug-likeness (QED) is 0.755. The number of aromatic amines is 1. The number of carbonyl (C=O) groups excluding carboxylic acids is 1. The maximum atomic E-state index is 12.8. The normalized spacial score (nSPS) is 14.6. The predicted molar refractivity (Wildman–Crippen MR) is 108 cm³/mol. The van der Waals surface area contributed by atoms with Gasteiger partial charge in [0.2, 0.25) is 5.91 Å². The summed E-state index contributed by atoms with van der Waals surface area (Å²) in [4.78, 5) is 20.3. The van der Waals surface area contributed by atoms with Crippen LogP contribution in [-0.4, -0.2) is 48.6 Å². The van der Waals surface area contributed by atoms with Crippen LogP contribution >= 0.6 is 0 Å². The summed E-state index contributed by atoms with van der Waals surface area (Å²) in [6.45, 7) is 5.77. The molecule has 1 aromatic heterocycles. The molecule has 4 rings (SSSR count). The number of nitrogens with one attached hydrogen (secondary N) is 1. The molecule has 3 aromatic rings. The molecule has 0 radical (unpaired) electrons. The minimum Gasteiger partial charge on any atom is -0.492 e. The molecule has 1 aliphatic heterocycles. The largest absolute Gasteiger partial charge is 0.492 e. The molecule has 1 aliphatic rings. The number of benzene rings is 2. The van der Waals surface area contributed by atoms with Gasteiger partial charge >= 0.3 is 0 Å². The van der Waals surface area contributed by atoms with E-state index in [9.17, 15) is 4.79 Å². The zero-order valence-electron chi connectivity index (χ0n) is 15.6. The van der Waals surface area contributed by atoms with Crippen LogP contribution in [0.2, 0.25) is 0 Å². The first kappa shape index (κ1) is 17.5. The number of rotatable bonds is 5. The fourth-order valence-electron chi connectivity index (χ4n) is 3.75. The van der Waals surface area contributed by atoms with E-state index in [4.69, 9.17) is 4.74 Å². The maximum Gasteiger partial charge on any atom is 0.227 e. The molecule has 1 amide bonds. The molecule has 0 saturated carbocycles. The van der Waals surface area contributed by atoms with Crippen LogP contribution in [0.25, 0.3) is 10.9 Å². The van der Waals surface area contributed by atoms with Crippen LogP contribution in [0, 0.1) is 0 Å². The highest BCUT2D eigenvalue weighted by atomic mass is 16.5. The van der Waals surface area contributed by atoms with Gasteiger partial charge in [-0.05, 0) is 30.7 Å². The zero-order valence-corrected chi connectivity index (χ0v) is 15.6. The highest BCUT2D eigenvalue weighted by Gasteiger charge is 2.23. The Bertz CT molecular complexity index is 926. The molecule has 0 unspecified atom stereocenters. The first-order valence-corrected chi connectivity index (χ1v) is 9.56. The summed E-state index contributed by atoms with van der Waals surface area (Å²) < 4.78 is 5.75. The number of anilines is 1. The minimum atomic E-state index is 0.192. The molecule has 0 aliphatic carbocycles. The number of hydrogen-bond acceptors (Lipinski definition) is 3. The molecule has 5 nitrogen and oxygen atoms in total. The Morgan fingerprint density at radius 3 is 2.59 bits per heavy atom. The summed E-state index contributed by atoms with van der Waals surface area (Å²) in [5, 5.41) is 1.13. The molecule has 5 heteroatoms. The van der Waals surface area contributed by atoms with Gasteiger partial charge in [0.25, 0.3) is 0 Å². The van der Waals surface area contributed by atoms with Crippen LogP contribution < -0.4 is 9.64 Å². The molecule has 0 atom stereocenters. The Labute approximate surface area is 159 Å². The second-order valence-electron chi connectivity index (χ2n) is 6.80. The lowest BCUT2D eigenvalue weighted by atomic mass is 10.1. The number of amides is 1. The molecular formula is C22H25N3O2. The monoisotopic (exact) mass is 363 g/mol. The minimum absolute atomic E-state index is 0.192. The molecule has 27 heavy (non-hydrogen) atoms. The van der Waals surface area contributed by atoms with Crippen LogP contribution in [-0.2, 0) is 11.2 Å². The zero-order chi connectivity index (χ0) is 18.6. The molecule has 2 aromatic carbocycles. The fourth-order valence-corrected chi connectivity index (χ4v) is 3.75. The lowest BCUT2D eigenvalue weighted by Crippen LogP contribution is -2.49. The van der Waals surface area contributed by atoms with Gasteiger partial charge in [-0.3, -0.25) is 4.79 Å². The third-order valence-corrected chi connectivity index (χ3v) is 5.15. The lowest BCUT2D eigenvalue weighted by Gasteiger charge is -2.36. The van der Waals surface area contributed by atoms with E-state index in [-0.39, 0.29) is 5.91 Å². The van der Waals surface area contributed by atoms with Crippen LogP contribution in [0.1, 0.15) is 12.5 Å². The molecule has 0 spiro atoms. The first-order chi connectivity index (χ1) is 13.3. The van der Waals surface area contributed by atoms with Crippen molar-refractivity contribution in [3.63, 3.8) is 0 Å². The third-order valence-electron chi connectivity index (χ3n) is 5.15. The SMILES string of the molecule is CCOc1ccccc1N1CCN(C(=O)Cc2c[nH]c3ccccc23)CC1. The Kier molecular flexibility index (Phi) is 5.01. The van der Waals surface area contributed by atoms with Gasteiger partial charge in [0.05, 0.1) is 18.7 Å². The number of ether oxygens (including phenoxy) is 1. The van der Waals surface area contributed by atoms with E-state index >= 15 is 0 Å². The van der Waals surface area contributed by atoms with Crippen molar-refractivity contribution in [1.29, 1.82) is 0 Å². The molecule has 1 saturated heterocycles. The fraction of sp³-hybridized carbons (Fsp3) is 0.318. The molecule has 1 fully saturated rings. The third kappa shape index (κ3) is 3.63. The number of para-hydroxylation sites is 3. The van der Waals surface area contributed by atoms with Crippen molar-refractivity contribution < 1.29 is 9.53 Å². The van der Waals surface area contributed by atoms with Crippen LogP contribution in [0.3, 0.4) is 0 Å². The topological polar surface area (TPSA) is 48.6 Å². The van der Waals surface area contributed by atoms with E-state index in [2.05, 4.69) is 22.0 Å². The molecule has 140 valence electrons. The van der Waals surface area contributed by atoms with Crippen molar-refractivity contribution in [3.8, 4) is 5.75 Å². The average Bonchev–Trinajstić information content (AvgIpc) is 3.12. The van der Waals surface area contributed by atoms with Crippen molar-refractivity contribution in [2.24, 2.45) is 0 Å². The lowest BCUT2D eigenvalue weighted by molar-refractivity contribution is -0.130. The second-order valence-corrected chi connectivity index (χ2v) is 6.80. The smallest absolute Gasteiger partial charge is 0.227 e. The summed E-state index contributed by atoms with van der Waals surface area (Å²) in [5.74, 6) is 1.11. The average molecular weight is 363 g/mol. The number of H-pyrrole nitrogens is 1. The Balaban J connectivity index is 1.40. The number of fused-ring (bicyclic) bond motifs is 1. The van der Waals surface area contributed by atoms with Crippen molar-refractivity contribution in [2.75, 3.05) is 37.7 Å². The van der Waals surface area contributed by atoms with E-state index in [0.717, 1.165) is 54.1 Å². The van der Waals surface area contributed by atoms with Crippen LogP contribution in [0.15, 0.2) is 54.7 Å². The predicted octanol–water partition coefficient (Wildman–Crippen LogP) is 3.46. The standard InChI is InChI=1S/C22H25N3O2/c1-2-27-21-10-6-5-9-20(21)24-11-13-25(14-12-24)22(26)15-17-16-23-19-8-4-3-7-18(17)19/h3-10,16,23H,2,11-15H2,1H3. The van der Waals surface area contributed by atoms with Gasteiger partial charge in [-0.2, -0.15) is 0 Å². The van der Waals surface area contributed by atoms with Crippen molar-refractivity contribution in [1.82, 2.24) is 9.88 Å². The molecule has 0 bridgehead atoms. The van der Waals surface area contributed by atoms with Gasteiger partial charge in [-0.25, -0.2) is 0 Å². The Hall–Kier alpha value is -2.95. The van der Waals surface area contributed by atoms with E-state index in [1.54, 1.807) is 0 Å². The van der Waals surface area contributed by atoms with Gasteiger partial charge in [-0.15, -0.1) is 0 Å². The highest BCUT2D eigenvalue weighted by molar-refractivity contribution is 5.89. The molecule has 2 heterocycles. The number of nitrogens with zero attached hydrogens (tertiary/aromatic N) is 2. The van der Waals surface area contributed by atoms with E-state index in [0.29, 0.717) is 13.0 Å². The van der Waals surface area contributed by atoms with Gasteiger partial charge < -0.3 is 19.5 Å². The van der Waals surface area contributed by atoms with E-state index < -0.39 is 0 Å². The summed E-state index contributed by atoms with van der Waals surface area (Å²) in [6, 6.07) is 16.3. The highest BCUT2D eigenvalue weighted by Crippen LogP contribution is 2.29. The summed E-state index contributed by atoms with van der Waals surface area (Å²) in [7, 11) is 0. The van der Waals surface area contributed by atoms with Gasteiger partial charge in [0.1, 0.15) is 5.75 Å². The summed E-state index contributed by atoms with van der Waals surface area (Å²) in [6.07, 6.45) is 2.40. The number of carbonyl (C=O) groups is 1. The van der Waals surface area contributed by atoms with Gasteiger partial charge in [0.15, 0.2) is 0 Å². The number of hydrogen-bond donors (Lipinski definition) is 1. The Morgan fingerprint density at radius 1 is 1.04 bits per heavy atom. The van der Waals surface area contributed by atoms with Gasteiger partial charge in [0, 0.05) is 43.3 Å². The van der Waals surface area contributed by atoms with Crippen molar-refractivity contribution in [2.45, 2.75) is 13.3 Å². The van der Waals surface area contributed by atoms with Crippen LogP contribution in [0.5, 0.6) is 5.75 Å². The second kappa shape index (κ2) is 7.74. The summed E-state index contributed by atoms with van der Waals surface area (Å²) in [5.41, 5.74) is 3.26. The van der Waals surface area contributed by atoms with Gasteiger partial charge in [-0.1, -0.05) is 30.3 Å². The number of aromatic nitrogens is 1.